The summed E-state index contributed by atoms with van der Waals surface area (Å²) in [6, 6.07) is 0.264. The first-order valence-electron chi connectivity index (χ1n) is 5.67. The summed E-state index contributed by atoms with van der Waals surface area (Å²) in [5.41, 5.74) is 0. The van der Waals surface area contributed by atoms with Crippen molar-refractivity contribution in [3.63, 3.8) is 0 Å². The molecule has 0 aliphatic heterocycles. The molecule has 0 aromatic rings. The number of hydrogen-bond donors (Lipinski definition) is 1. The van der Waals surface area contributed by atoms with Gasteiger partial charge in [0.25, 0.3) is 0 Å². The highest BCUT2D eigenvalue weighted by Gasteiger charge is 2.22. The Kier molecular flexibility index (Phi) is 4.85. The van der Waals surface area contributed by atoms with Crippen molar-refractivity contribution >= 4 is 6.03 Å². The number of amides is 2. The molecule has 4 heteroatoms. The summed E-state index contributed by atoms with van der Waals surface area (Å²) in [6.45, 7) is -0.209. The number of carbonyl (C=O) groups excluding carboxylic acids is 1. The summed E-state index contributed by atoms with van der Waals surface area (Å²) in [5.74, 6) is 0.530. The van der Waals surface area contributed by atoms with E-state index >= 15 is 0 Å². The Morgan fingerprint density at radius 3 is 2.40 bits per heavy atom. The maximum atomic E-state index is 12.1. The van der Waals surface area contributed by atoms with Crippen molar-refractivity contribution in [2.75, 3.05) is 20.8 Å². The molecule has 1 saturated carbocycles. The van der Waals surface area contributed by atoms with Gasteiger partial charge in [-0.15, -0.1) is 0 Å². The summed E-state index contributed by atoms with van der Waals surface area (Å²) < 4.78 is 12.1. The normalized spacial score (nSPS) is 26.1. The Balaban J connectivity index is 2.22. The molecule has 1 aliphatic rings. The second kappa shape index (κ2) is 5.93. The molecule has 1 N–H and O–H groups in total. The predicted octanol–water partition coefficient (Wildman–Crippen LogP) is 2.18. The maximum Gasteiger partial charge on any atom is 0.317 e. The zero-order valence-electron chi connectivity index (χ0n) is 9.63. The summed E-state index contributed by atoms with van der Waals surface area (Å²) in [4.78, 5) is 12.9. The molecule has 0 unspecified atom stereocenters. The van der Waals surface area contributed by atoms with Gasteiger partial charge in [0.1, 0.15) is 0 Å². The standard InChI is InChI=1S/C11H21FN2O/c1-14(2)11(15)13-10-5-3-9(4-6-10)7-8-12/h9-10H,3-8H2,1-2H3,(H,13,15). The van der Waals surface area contributed by atoms with Crippen LogP contribution in [0.5, 0.6) is 0 Å². The van der Waals surface area contributed by atoms with Gasteiger partial charge in [-0.2, -0.15) is 0 Å². The second-order valence-corrected chi connectivity index (χ2v) is 4.54. The monoisotopic (exact) mass is 216 g/mol. The molecular weight excluding hydrogens is 195 g/mol. The van der Waals surface area contributed by atoms with Crippen molar-refractivity contribution in [1.29, 1.82) is 0 Å². The number of alkyl halides is 1. The van der Waals surface area contributed by atoms with Crippen LogP contribution in [-0.2, 0) is 0 Å². The van der Waals surface area contributed by atoms with Crippen LogP contribution in [-0.4, -0.2) is 37.7 Å². The molecule has 15 heavy (non-hydrogen) atoms. The smallest absolute Gasteiger partial charge is 0.317 e. The van der Waals surface area contributed by atoms with Crippen LogP contribution in [0.2, 0.25) is 0 Å². The molecule has 0 spiro atoms. The molecule has 88 valence electrons. The molecule has 0 atom stereocenters. The molecule has 0 saturated heterocycles. The summed E-state index contributed by atoms with van der Waals surface area (Å²) in [7, 11) is 3.48. The van der Waals surface area contributed by atoms with Crippen molar-refractivity contribution in [2.24, 2.45) is 5.92 Å². The molecule has 0 aromatic heterocycles. The minimum Gasteiger partial charge on any atom is -0.335 e. The number of nitrogens with one attached hydrogen (secondary N) is 1. The van der Waals surface area contributed by atoms with Gasteiger partial charge in [-0.25, -0.2) is 4.79 Å². The summed E-state index contributed by atoms with van der Waals surface area (Å²) in [6.07, 6.45) is 4.76. The third kappa shape index (κ3) is 4.06. The fraction of sp³-hybridized carbons (Fsp3) is 0.909. The lowest BCUT2D eigenvalue weighted by Crippen LogP contribution is -2.43. The Morgan fingerprint density at radius 1 is 1.33 bits per heavy atom. The van der Waals surface area contributed by atoms with Crippen LogP contribution in [0, 0.1) is 5.92 Å². The van der Waals surface area contributed by atoms with Crippen LogP contribution in [0.3, 0.4) is 0 Å². The van der Waals surface area contributed by atoms with E-state index in [2.05, 4.69) is 5.32 Å². The van der Waals surface area contributed by atoms with Crippen LogP contribution in [0.1, 0.15) is 32.1 Å². The molecule has 0 bridgehead atoms. The quantitative estimate of drug-likeness (QED) is 0.770. The molecule has 1 fully saturated rings. The van der Waals surface area contributed by atoms with Crippen LogP contribution < -0.4 is 5.32 Å². The Labute approximate surface area is 91.0 Å². The van der Waals surface area contributed by atoms with E-state index in [4.69, 9.17) is 0 Å². The topological polar surface area (TPSA) is 32.3 Å². The Hall–Kier alpha value is -0.800. The van der Waals surface area contributed by atoms with Gasteiger partial charge >= 0.3 is 6.03 Å². The lowest BCUT2D eigenvalue weighted by atomic mass is 9.84. The first-order valence-corrected chi connectivity index (χ1v) is 5.67. The minimum absolute atomic E-state index is 0.0241. The molecule has 3 nitrogen and oxygen atoms in total. The first-order chi connectivity index (χ1) is 7.13. The molecule has 2 amide bonds. The number of hydrogen-bond acceptors (Lipinski definition) is 1. The van der Waals surface area contributed by atoms with Crippen molar-refractivity contribution in [2.45, 2.75) is 38.1 Å². The highest BCUT2D eigenvalue weighted by Crippen LogP contribution is 2.26. The highest BCUT2D eigenvalue weighted by molar-refractivity contribution is 5.73. The van der Waals surface area contributed by atoms with E-state index in [-0.39, 0.29) is 18.7 Å². The maximum absolute atomic E-state index is 12.1. The zero-order chi connectivity index (χ0) is 11.3. The lowest BCUT2D eigenvalue weighted by Gasteiger charge is -2.29. The van der Waals surface area contributed by atoms with Crippen molar-refractivity contribution in [1.82, 2.24) is 10.2 Å². The van der Waals surface area contributed by atoms with E-state index in [1.54, 1.807) is 19.0 Å². The van der Waals surface area contributed by atoms with Gasteiger partial charge in [-0.1, -0.05) is 0 Å². The van der Waals surface area contributed by atoms with E-state index in [0.29, 0.717) is 12.3 Å². The van der Waals surface area contributed by atoms with Crippen LogP contribution >= 0.6 is 0 Å². The first kappa shape index (κ1) is 12.3. The van der Waals surface area contributed by atoms with Gasteiger partial charge in [0.2, 0.25) is 0 Å². The van der Waals surface area contributed by atoms with Gasteiger partial charge in [-0.3, -0.25) is 4.39 Å². The Morgan fingerprint density at radius 2 is 1.93 bits per heavy atom. The molecular formula is C11H21FN2O. The molecule has 1 rings (SSSR count). The lowest BCUT2D eigenvalue weighted by molar-refractivity contribution is 0.202. The number of carbonyl (C=O) groups is 1. The van der Waals surface area contributed by atoms with Crippen LogP contribution in [0.25, 0.3) is 0 Å². The fourth-order valence-electron chi connectivity index (χ4n) is 2.05. The van der Waals surface area contributed by atoms with E-state index < -0.39 is 0 Å². The SMILES string of the molecule is CN(C)C(=O)NC1CCC(CCF)CC1. The van der Waals surface area contributed by atoms with E-state index in [0.717, 1.165) is 25.7 Å². The zero-order valence-corrected chi connectivity index (χ0v) is 9.63. The number of rotatable bonds is 3. The summed E-state index contributed by atoms with van der Waals surface area (Å²) >= 11 is 0. The van der Waals surface area contributed by atoms with E-state index in [1.807, 2.05) is 0 Å². The van der Waals surface area contributed by atoms with E-state index in [1.165, 1.54) is 0 Å². The number of urea groups is 1. The number of nitrogens with zero attached hydrogens (tertiary/aromatic N) is 1. The molecule has 0 heterocycles. The van der Waals surface area contributed by atoms with Gasteiger partial charge in [-0.05, 0) is 38.0 Å². The largest absolute Gasteiger partial charge is 0.335 e. The molecule has 1 aliphatic carbocycles. The van der Waals surface area contributed by atoms with Crippen LogP contribution in [0.15, 0.2) is 0 Å². The van der Waals surface area contributed by atoms with Gasteiger partial charge in [0.15, 0.2) is 0 Å². The highest BCUT2D eigenvalue weighted by atomic mass is 19.1. The van der Waals surface area contributed by atoms with Crippen molar-refractivity contribution < 1.29 is 9.18 Å². The third-order valence-electron chi connectivity index (χ3n) is 3.10. The third-order valence-corrected chi connectivity index (χ3v) is 3.10. The second-order valence-electron chi connectivity index (χ2n) is 4.54. The fourth-order valence-corrected chi connectivity index (χ4v) is 2.05. The van der Waals surface area contributed by atoms with E-state index in [9.17, 15) is 9.18 Å². The average molecular weight is 216 g/mol. The minimum atomic E-state index is -0.209. The van der Waals surface area contributed by atoms with Crippen molar-refractivity contribution in [3.05, 3.63) is 0 Å². The average Bonchev–Trinajstić information content (AvgIpc) is 2.21. The number of halogens is 1. The van der Waals surface area contributed by atoms with Crippen molar-refractivity contribution in [3.8, 4) is 0 Å². The Bertz CT molecular complexity index is 201. The van der Waals surface area contributed by atoms with Gasteiger partial charge in [0.05, 0.1) is 6.67 Å². The molecule has 0 radical (unpaired) electrons. The van der Waals surface area contributed by atoms with Gasteiger partial charge in [0, 0.05) is 20.1 Å². The van der Waals surface area contributed by atoms with Crippen LogP contribution in [0.4, 0.5) is 9.18 Å². The van der Waals surface area contributed by atoms with Gasteiger partial charge < -0.3 is 10.2 Å². The predicted molar refractivity (Wildman–Crippen MR) is 58.6 cm³/mol. The summed E-state index contributed by atoms with van der Waals surface area (Å²) in [5, 5.41) is 2.97. The molecule has 0 aromatic carbocycles.